The van der Waals surface area contributed by atoms with E-state index in [0.717, 1.165) is 11.3 Å². The zero-order chi connectivity index (χ0) is 18.6. The number of aromatic nitrogens is 6. The van der Waals surface area contributed by atoms with Crippen LogP contribution in [0.15, 0.2) is 64.2 Å². The minimum absolute atomic E-state index is 0.130. The Morgan fingerprint density at radius 3 is 2.59 bits per heavy atom. The second kappa shape index (κ2) is 7.58. The summed E-state index contributed by atoms with van der Waals surface area (Å²) < 4.78 is 12.9. The first-order valence-electron chi connectivity index (χ1n) is 8.23. The summed E-state index contributed by atoms with van der Waals surface area (Å²) in [7, 11) is 1.61. The van der Waals surface area contributed by atoms with Crippen LogP contribution in [0.1, 0.15) is 18.1 Å². The zero-order valence-electron chi connectivity index (χ0n) is 14.7. The quantitative estimate of drug-likeness (QED) is 0.469. The van der Waals surface area contributed by atoms with E-state index in [1.165, 1.54) is 11.8 Å². The van der Waals surface area contributed by atoms with Crippen molar-refractivity contribution in [3.63, 3.8) is 0 Å². The fourth-order valence-electron chi connectivity index (χ4n) is 2.51. The molecule has 0 spiro atoms. The number of benzene rings is 2. The second-order valence-corrected chi connectivity index (χ2v) is 6.92. The number of rotatable bonds is 6. The van der Waals surface area contributed by atoms with Crippen molar-refractivity contribution in [2.75, 3.05) is 7.11 Å². The molecule has 27 heavy (non-hydrogen) atoms. The number of nitrogens with zero attached hydrogens (tertiary/aromatic N) is 6. The lowest BCUT2D eigenvalue weighted by molar-refractivity contribution is 0.410. The summed E-state index contributed by atoms with van der Waals surface area (Å²) in [5, 5.41) is 20.8. The lowest BCUT2D eigenvalue weighted by Gasteiger charge is -2.10. The molecule has 0 aliphatic carbocycles. The second-order valence-electron chi connectivity index (χ2n) is 5.62. The predicted molar refractivity (Wildman–Crippen MR) is 99.7 cm³/mol. The van der Waals surface area contributed by atoms with Crippen LogP contribution in [-0.2, 0) is 0 Å². The number of ether oxygens (including phenoxy) is 1. The highest BCUT2D eigenvalue weighted by atomic mass is 32.2. The van der Waals surface area contributed by atoms with E-state index in [0.29, 0.717) is 22.7 Å². The van der Waals surface area contributed by atoms with Crippen molar-refractivity contribution in [3.8, 4) is 22.9 Å². The van der Waals surface area contributed by atoms with E-state index in [2.05, 4.69) is 25.7 Å². The Hall–Kier alpha value is -3.20. The standard InChI is InChI=1S/C18H16N6O2S/c1-12(16-19-20-17(26-16)13-8-4-3-5-9-13)27-18-21-22-23-24(18)14-10-6-7-11-15(14)25-2/h3-12H,1-2H3. The number of tetrazole rings is 1. The summed E-state index contributed by atoms with van der Waals surface area (Å²) >= 11 is 1.43. The van der Waals surface area contributed by atoms with Gasteiger partial charge < -0.3 is 9.15 Å². The Balaban J connectivity index is 1.57. The molecule has 1 unspecified atom stereocenters. The van der Waals surface area contributed by atoms with Crippen molar-refractivity contribution in [2.24, 2.45) is 0 Å². The van der Waals surface area contributed by atoms with Crippen molar-refractivity contribution in [1.82, 2.24) is 30.4 Å². The molecular weight excluding hydrogens is 364 g/mol. The van der Waals surface area contributed by atoms with E-state index in [-0.39, 0.29) is 5.25 Å². The molecule has 4 rings (SSSR count). The van der Waals surface area contributed by atoms with Gasteiger partial charge >= 0.3 is 0 Å². The molecule has 0 N–H and O–H groups in total. The zero-order valence-corrected chi connectivity index (χ0v) is 15.5. The molecule has 0 amide bonds. The minimum Gasteiger partial charge on any atom is -0.494 e. The largest absolute Gasteiger partial charge is 0.494 e. The van der Waals surface area contributed by atoms with Crippen LogP contribution in [0.4, 0.5) is 0 Å². The number of hydrogen-bond donors (Lipinski definition) is 0. The van der Waals surface area contributed by atoms with Crippen LogP contribution >= 0.6 is 11.8 Å². The summed E-state index contributed by atoms with van der Waals surface area (Å²) in [5.74, 6) is 1.68. The molecule has 0 bridgehead atoms. The number of hydrogen-bond acceptors (Lipinski definition) is 8. The molecule has 8 nitrogen and oxygen atoms in total. The molecule has 0 saturated carbocycles. The van der Waals surface area contributed by atoms with Gasteiger partial charge in [-0.3, -0.25) is 0 Å². The molecule has 4 aromatic rings. The Labute approximate surface area is 159 Å². The molecule has 2 heterocycles. The average Bonchev–Trinajstić information content (AvgIpc) is 3.38. The summed E-state index contributed by atoms with van der Waals surface area (Å²) in [6.07, 6.45) is 0. The fraction of sp³-hybridized carbons (Fsp3) is 0.167. The van der Waals surface area contributed by atoms with Crippen molar-refractivity contribution >= 4 is 11.8 Å². The monoisotopic (exact) mass is 380 g/mol. The van der Waals surface area contributed by atoms with Gasteiger partial charge in [0.25, 0.3) is 0 Å². The Kier molecular flexibility index (Phi) is 4.84. The van der Waals surface area contributed by atoms with E-state index in [4.69, 9.17) is 9.15 Å². The van der Waals surface area contributed by atoms with E-state index >= 15 is 0 Å². The third-order valence-corrected chi connectivity index (χ3v) is 4.87. The van der Waals surface area contributed by atoms with Crippen LogP contribution in [-0.4, -0.2) is 37.5 Å². The predicted octanol–water partition coefficient (Wildman–Crippen LogP) is 3.57. The van der Waals surface area contributed by atoms with Crippen molar-refractivity contribution in [3.05, 3.63) is 60.5 Å². The van der Waals surface area contributed by atoms with Gasteiger partial charge in [0.15, 0.2) is 0 Å². The molecular formula is C18H16N6O2S. The van der Waals surface area contributed by atoms with E-state index < -0.39 is 0 Å². The summed E-state index contributed by atoms with van der Waals surface area (Å²) in [6.45, 7) is 1.97. The molecule has 0 fully saturated rings. The molecule has 136 valence electrons. The molecule has 0 radical (unpaired) electrons. The summed E-state index contributed by atoms with van der Waals surface area (Å²) in [4.78, 5) is 0. The van der Waals surface area contributed by atoms with Crippen LogP contribution < -0.4 is 4.74 Å². The Morgan fingerprint density at radius 1 is 1.00 bits per heavy atom. The van der Waals surface area contributed by atoms with Gasteiger partial charge in [0.2, 0.25) is 16.9 Å². The van der Waals surface area contributed by atoms with Gasteiger partial charge in [-0.05, 0) is 41.6 Å². The first-order chi connectivity index (χ1) is 13.3. The highest BCUT2D eigenvalue weighted by molar-refractivity contribution is 7.99. The maximum atomic E-state index is 5.83. The highest BCUT2D eigenvalue weighted by Crippen LogP contribution is 2.35. The van der Waals surface area contributed by atoms with Crippen LogP contribution in [0, 0.1) is 0 Å². The maximum absolute atomic E-state index is 5.83. The van der Waals surface area contributed by atoms with E-state index in [1.807, 2.05) is 61.5 Å². The maximum Gasteiger partial charge on any atom is 0.247 e. The fourth-order valence-corrected chi connectivity index (χ4v) is 3.34. The van der Waals surface area contributed by atoms with E-state index in [9.17, 15) is 0 Å². The summed E-state index contributed by atoms with van der Waals surface area (Å²) in [6, 6.07) is 17.2. The average molecular weight is 380 g/mol. The summed E-state index contributed by atoms with van der Waals surface area (Å²) in [5.41, 5.74) is 1.64. The van der Waals surface area contributed by atoms with Crippen LogP contribution in [0.5, 0.6) is 5.75 Å². The Bertz CT molecular complexity index is 1030. The van der Waals surface area contributed by atoms with Crippen LogP contribution in [0.3, 0.4) is 0 Å². The third-order valence-electron chi connectivity index (χ3n) is 3.85. The van der Waals surface area contributed by atoms with Gasteiger partial charge in [0.05, 0.1) is 12.4 Å². The van der Waals surface area contributed by atoms with Crippen LogP contribution in [0.2, 0.25) is 0 Å². The van der Waals surface area contributed by atoms with Gasteiger partial charge in [0.1, 0.15) is 11.4 Å². The SMILES string of the molecule is COc1ccccc1-n1nnnc1SC(C)c1nnc(-c2ccccc2)o1. The molecule has 1 atom stereocenters. The Morgan fingerprint density at radius 2 is 1.78 bits per heavy atom. The number of methoxy groups -OCH3 is 1. The van der Waals surface area contributed by atoms with Crippen molar-refractivity contribution < 1.29 is 9.15 Å². The van der Waals surface area contributed by atoms with Crippen molar-refractivity contribution in [2.45, 2.75) is 17.3 Å². The van der Waals surface area contributed by atoms with Gasteiger partial charge in [0, 0.05) is 5.56 Å². The smallest absolute Gasteiger partial charge is 0.247 e. The van der Waals surface area contributed by atoms with Gasteiger partial charge in [-0.25, -0.2) is 0 Å². The van der Waals surface area contributed by atoms with E-state index in [1.54, 1.807) is 11.8 Å². The first kappa shape index (κ1) is 17.2. The molecule has 0 saturated heterocycles. The molecule has 2 aromatic heterocycles. The number of para-hydroxylation sites is 2. The third kappa shape index (κ3) is 3.54. The van der Waals surface area contributed by atoms with Gasteiger partial charge in [-0.15, -0.1) is 15.3 Å². The lowest BCUT2D eigenvalue weighted by atomic mass is 10.2. The van der Waals surface area contributed by atoms with Gasteiger partial charge in [-0.2, -0.15) is 4.68 Å². The normalized spacial score (nSPS) is 12.1. The molecule has 0 aliphatic rings. The number of thioether (sulfide) groups is 1. The highest BCUT2D eigenvalue weighted by Gasteiger charge is 2.21. The lowest BCUT2D eigenvalue weighted by Crippen LogP contribution is -2.02. The van der Waals surface area contributed by atoms with Crippen LogP contribution in [0.25, 0.3) is 17.1 Å². The minimum atomic E-state index is -0.130. The van der Waals surface area contributed by atoms with Crippen molar-refractivity contribution in [1.29, 1.82) is 0 Å². The molecule has 2 aromatic carbocycles. The molecule has 9 heteroatoms. The topological polar surface area (TPSA) is 91.8 Å². The first-order valence-corrected chi connectivity index (χ1v) is 9.11. The molecule has 0 aliphatic heterocycles. The van der Waals surface area contributed by atoms with Gasteiger partial charge in [-0.1, -0.05) is 42.1 Å².